The molecule has 1 heterocycles. The molecule has 0 aliphatic heterocycles. The van der Waals surface area contributed by atoms with Crippen LogP contribution in [0.2, 0.25) is 0 Å². The van der Waals surface area contributed by atoms with Crippen LogP contribution >= 0.6 is 0 Å². The molecule has 0 saturated carbocycles. The number of nitrogens with two attached hydrogens (primary N) is 1. The fourth-order valence-electron chi connectivity index (χ4n) is 2.70. The second-order valence-corrected chi connectivity index (χ2v) is 6.67. The van der Waals surface area contributed by atoms with E-state index in [0.29, 0.717) is 19.6 Å². The molecule has 1 aromatic heterocycles. The zero-order chi connectivity index (χ0) is 19.2. The zero-order valence-electron chi connectivity index (χ0n) is 16.0. The van der Waals surface area contributed by atoms with E-state index >= 15 is 0 Å². The Bertz CT molecular complexity index is 786. The van der Waals surface area contributed by atoms with Gasteiger partial charge in [0.2, 0.25) is 0 Å². The van der Waals surface area contributed by atoms with Crippen LogP contribution in [0, 0.1) is 5.41 Å². The zero-order valence-corrected chi connectivity index (χ0v) is 16.0. The predicted molar refractivity (Wildman–Crippen MR) is 105 cm³/mol. The number of rotatable bonds is 8. The van der Waals surface area contributed by atoms with Gasteiger partial charge in [0.25, 0.3) is 0 Å². The molecular formula is C21H28N2O3. The van der Waals surface area contributed by atoms with Gasteiger partial charge >= 0.3 is 5.97 Å². The molecule has 0 saturated heterocycles. The van der Waals surface area contributed by atoms with E-state index in [1.165, 1.54) is 7.11 Å². The summed E-state index contributed by atoms with van der Waals surface area (Å²) < 4.78 is 10.4. The molecule has 0 bridgehead atoms. The third-order valence-electron chi connectivity index (χ3n) is 4.47. The molecule has 2 N–H and O–H groups in total. The number of benzene rings is 1. The van der Waals surface area contributed by atoms with Crippen molar-refractivity contribution >= 4 is 22.9 Å². The molecule has 1 unspecified atom stereocenters. The molecule has 5 nitrogen and oxygen atoms in total. The highest BCUT2D eigenvalue weighted by molar-refractivity contribution is 5.83. The van der Waals surface area contributed by atoms with Gasteiger partial charge in [-0.05, 0) is 44.9 Å². The van der Waals surface area contributed by atoms with Crippen LogP contribution in [-0.4, -0.2) is 31.3 Å². The van der Waals surface area contributed by atoms with Crippen LogP contribution in [0.25, 0.3) is 17.0 Å². The van der Waals surface area contributed by atoms with Crippen LogP contribution in [0.5, 0.6) is 0 Å². The monoisotopic (exact) mass is 356 g/mol. The Morgan fingerprint density at radius 1 is 1.35 bits per heavy atom. The number of ether oxygens (including phenoxy) is 2. The molecule has 2 aromatic rings. The van der Waals surface area contributed by atoms with Gasteiger partial charge in [-0.25, -0.2) is 0 Å². The normalized spacial score (nSPS) is 15.1. The molecule has 2 rings (SSSR count). The highest BCUT2D eigenvalue weighted by atomic mass is 16.5. The van der Waals surface area contributed by atoms with E-state index in [1.807, 2.05) is 63.3 Å². The van der Waals surface area contributed by atoms with Gasteiger partial charge in [-0.1, -0.05) is 30.4 Å². The molecule has 26 heavy (non-hydrogen) atoms. The molecule has 5 heteroatoms. The molecule has 0 amide bonds. The van der Waals surface area contributed by atoms with E-state index < -0.39 is 5.41 Å². The lowest BCUT2D eigenvalue weighted by molar-refractivity contribution is -0.149. The molecule has 2 atom stereocenters. The number of aromatic nitrogens is 1. The van der Waals surface area contributed by atoms with Crippen molar-refractivity contribution in [1.29, 1.82) is 0 Å². The molecular weight excluding hydrogens is 328 g/mol. The number of carbonyl (C=O) groups is 1. The standard InChI is InChI=1S/C21H28N2O3/c1-5-26-13-12-21(3,20(24)25-4)11-10-16-6-7-17-8-9-18(15(2)22)23-19(17)14-16/h6-11,14-15H,5,12-13,22H2,1-4H3/b11-10+/t15-,21?/m1/s1. The molecule has 1 aromatic carbocycles. The summed E-state index contributed by atoms with van der Waals surface area (Å²) in [6.45, 7) is 6.84. The average molecular weight is 356 g/mol. The van der Waals surface area contributed by atoms with Gasteiger partial charge in [0.1, 0.15) is 0 Å². The summed E-state index contributed by atoms with van der Waals surface area (Å²) in [7, 11) is 1.41. The lowest BCUT2D eigenvalue weighted by Crippen LogP contribution is -2.28. The highest BCUT2D eigenvalue weighted by Gasteiger charge is 2.31. The maximum atomic E-state index is 12.2. The van der Waals surface area contributed by atoms with Crippen molar-refractivity contribution in [3.63, 3.8) is 0 Å². The van der Waals surface area contributed by atoms with E-state index in [9.17, 15) is 4.79 Å². The number of pyridine rings is 1. The smallest absolute Gasteiger partial charge is 0.315 e. The second kappa shape index (κ2) is 8.92. The van der Waals surface area contributed by atoms with Crippen LogP contribution in [0.1, 0.15) is 44.5 Å². The fourth-order valence-corrected chi connectivity index (χ4v) is 2.70. The lowest BCUT2D eigenvalue weighted by atomic mass is 9.86. The Balaban J connectivity index is 2.29. The highest BCUT2D eigenvalue weighted by Crippen LogP contribution is 2.27. The maximum Gasteiger partial charge on any atom is 0.315 e. The Kier molecular flexibility index (Phi) is 6.89. The average Bonchev–Trinajstić information content (AvgIpc) is 2.65. The largest absolute Gasteiger partial charge is 0.468 e. The van der Waals surface area contributed by atoms with E-state index in [4.69, 9.17) is 15.2 Å². The minimum atomic E-state index is -0.736. The third-order valence-corrected chi connectivity index (χ3v) is 4.47. The summed E-state index contributed by atoms with van der Waals surface area (Å²) >= 11 is 0. The lowest BCUT2D eigenvalue weighted by Gasteiger charge is -2.22. The van der Waals surface area contributed by atoms with Crippen molar-refractivity contribution in [1.82, 2.24) is 4.98 Å². The summed E-state index contributed by atoms with van der Waals surface area (Å²) in [6.07, 6.45) is 4.38. The number of hydrogen-bond donors (Lipinski definition) is 1. The number of carbonyl (C=O) groups excluding carboxylic acids is 1. The van der Waals surface area contributed by atoms with Gasteiger partial charge in [0.15, 0.2) is 0 Å². The third kappa shape index (κ3) is 4.90. The summed E-state index contributed by atoms with van der Waals surface area (Å²) in [6, 6.07) is 9.88. The minimum absolute atomic E-state index is 0.111. The maximum absolute atomic E-state index is 12.2. The topological polar surface area (TPSA) is 74.4 Å². The quantitative estimate of drug-likeness (QED) is 0.574. The second-order valence-electron chi connectivity index (χ2n) is 6.67. The van der Waals surface area contributed by atoms with Crippen molar-refractivity contribution < 1.29 is 14.3 Å². The Morgan fingerprint density at radius 3 is 2.73 bits per heavy atom. The van der Waals surface area contributed by atoms with Crippen LogP contribution in [0.3, 0.4) is 0 Å². The van der Waals surface area contributed by atoms with Crippen molar-refractivity contribution in [3.05, 3.63) is 47.7 Å². The van der Waals surface area contributed by atoms with Gasteiger partial charge < -0.3 is 15.2 Å². The van der Waals surface area contributed by atoms with Gasteiger partial charge in [-0.2, -0.15) is 0 Å². The number of methoxy groups -OCH3 is 1. The molecule has 0 fully saturated rings. The van der Waals surface area contributed by atoms with E-state index in [-0.39, 0.29) is 12.0 Å². The molecule has 140 valence electrons. The van der Waals surface area contributed by atoms with Gasteiger partial charge in [-0.3, -0.25) is 9.78 Å². The summed E-state index contributed by atoms with van der Waals surface area (Å²) in [5, 5.41) is 1.05. The van der Waals surface area contributed by atoms with Crippen LogP contribution in [0.15, 0.2) is 36.4 Å². The summed E-state index contributed by atoms with van der Waals surface area (Å²) in [5.74, 6) is -0.272. The van der Waals surface area contributed by atoms with E-state index in [1.54, 1.807) is 0 Å². The number of nitrogens with zero attached hydrogens (tertiary/aromatic N) is 1. The molecule has 0 spiro atoms. The first-order valence-electron chi connectivity index (χ1n) is 8.91. The SMILES string of the molecule is CCOCCC(C)(/C=C/c1ccc2ccc([C@@H](C)N)nc2c1)C(=O)OC. The minimum Gasteiger partial charge on any atom is -0.468 e. The molecule has 0 radical (unpaired) electrons. The Hall–Kier alpha value is -2.24. The summed E-state index contributed by atoms with van der Waals surface area (Å²) in [5.41, 5.74) is 7.90. The first-order valence-corrected chi connectivity index (χ1v) is 8.91. The number of esters is 1. The van der Waals surface area contributed by atoms with Crippen LogP contribution in [-0.2, 0) is 14.3 Å². The van der Waals surface area contributed by atoms with Gasteiger partial charge in [-0.15, -0.1) is 0 Å². The van der Waals surface area contributed by atoms with Gasteiger partial charge in [0, 0.05) is 24.6 Å². The Labute approximate surface area is 155 Å². The first kappa shape index (κ1) is 20.1. The first-order chi connectivity index (χ1) is 12.4. The van der Waals surface area contributed by atoms with Crippen LogP contribution in [0.4, 0.5) is 0 Å². The van der Waals surface area contributed by atoms with Crippen molar-refractivity contribution in [3.8, 4) is 0 Å². The van der Waals surface area contributed by atoms with Crippen molar-refractivity contribution in [2.75, 3.05) is 20.3 Å². The predicted octanol–water partition coefficient (Wildman–Crippen LogP) is 3.87. The van der Waals surface area contributed by atoms with Crippen LogP contribution < -0.4 is 5.73 Å². The summed E-state index contributed by atoms with van der Waals surface area (Å²) in [4.78, 5) is 16.8. The van der Waals surface area contributed by atoms with E-state index in [2.05, 4.69) is 4.98 Å². The number of hydrogen-bond acceptors (Lipinski definition) is 5. The number of fused-ring (bicyclic) bond motifs is 1. The van der Waals surface area contributed by atoms with Crippen molar-refractivity contribution in [2.45, 2.75) is 33.2 Å². The van der Waals surface area contributed by atoms with E-state index in [0.717, 1.165) is 22.2 Å². The molecule has 0 aliphatic carbocycles. The Morgan fingerprint density at radius 2 is 2.08 bits per heavy atom. The fraction of sp³-hybridized carbons (Fsp3) is 0.429. The van der Waals surface area contributed by atoms with Crippen molar-refractivity contribution in [2.24, 2.45) is 11.1 Å². The molecule has 0 aliphatic rings. The van der Waals surface area contributed by atoms with Gasteiger partial charge in [0.05, 0.1) is 23.7 Å².